The largest absolute Gasteiger partial charge is 0.497 e. The van der Waals surface area contributed by atoms with Gasteiger partial charge in [0, 0.05) is 5.56 Å². The van der Waals surface area contributed by atoms with Gasteiger partial charge in [0.25, 0.3) is 22.8 Å². The molecule has 0 aromatic heterocycles. The van der Waals surface area contributed by atoms with Crippen LogP contribution in [0.2, 0.25) is 0 Å². The Kier molecular flexibility index (Phi) is 6.50. The molecule has 0 spiro atoms. The van der Waals surface area contributed by atoms with Gasteiger partial charge in [0.15, 0.2) is 12.4 Å². The standard InChI is InChI=1S/C25H21N3O10S/c1-25(12-38-28(34)35)19(24(33)37-11-17(29)13-6-4-3-5-7-13)27-22(32)18(23(27)39-25)26-20(30)15-9-8-14(36-2)10-16(15)21(26)31/h3-10,18-19,23H,11-12H2,1-2H3/t18?,19?,23-,25-/m0/s1. The second kappa shape index (κ2) is 9.69. The second-order valence-electron chi connectivity index (χ2n) is 9.20. The van der Waals surface area contributed by atoms with Crippen molar-refractivity contribution in [2.75, 3.05) is 20.3 Å². The monoisotopic (exact) mass is 555 g/mol. The zero-order valence-corrected chi connectivity index (χ0v) is 21.4. The van der Waals surface area contributed by atoms with E-state index < -0.39 is 70.0 Å². The van der Waals surface area contributed by atoms with Crippen molar-refractivity contribution in [2.45, 2.75) is 29.1 Å². The summed E-state index contributed by atoms with van der Waals surface area (Å²) < 4.78 is 8.98. The van der Waals surface area contributed by atoms with Crippen LogP contribution in [0.4, 0.5) is 0 Å². The van der Waals surface area contributed by atoms with Gasteiger partial charge in [-0.05, 0) is 25.1 Å². The molecule has 3 aliphatic rings. The van der Waals surface area contributed by atoms with Crippen LogP contribution in [-0.2, 0) is 19.2 Å². The van der Waals surface area contributed by atoms with Crippen LogP contribution < -0.4 is 4.74 Å². The number of fused-ring (bicyclic) bond motifs is 2. The molecular formula is C25H21N3O10S. The number of ether oxygens (including phenoxy) is 2. The topological polar surface area (TPSA) is 163 Å². The van der Waals surface area contributed by atoms with Gasteiger partial charge in [-0.1, -0.05) is 30.3 Å². The van der Waals surface area contributed by atoms with Crippen LogP contribution >= 0.6 is 11.8 Å². The van der Waals surface area contributed by atoms with E-state index in [2.05, 4.69) is 4.84 Å². The minimum Gasteiger partial charge on any atom is -0.497 e. The SMILES string of the molecule is COc1ccc2c(c1)C(=O)N(C1C(=O)N3C(C(=O)OCC(=O)c4ccccc4)[C@](C)(CO[N+](=O)[O-])S[C@@H]13)C2=O. The third kappa shape index (κ3) is 4.26. The molecule has 0 bridgehead atoms. The van der Waals surface area contributed by atoms with Gasteiger partial charge in [0.2, 0.25) is 0 Å². The number of imide groups is 1. The van der Waals surface area contributed by atoms with E-state index in [1.165, 1.54) is 32.2 Å². The van der Waals surface area contributed by atoms with Gasteiger partial charge in [0.05, 0.1) is 23.0 Å². The van der Waals surface area contributed by atoms with Crippen molar-refractivity contribution in [1.82, 2.24) is 9.80 Å². The zero-order valence-electron chi connectivity index (χ0n) is 20.6. The van der Waals surface area contributed by atoms with Gasteiger partial charge in [0.1, 0.15) is 29.8 Å². The van der Waals surface area contributed by atoms with Crippen LogP contribution in [0.25, 0.3) is 0 Å². The molecule has 13 nitrogen and oxygen atoms in total. The van der Waals surface area contributed by atoms with E-state index in [9.17, 15) is 34.1 Å². The summed E-state index contributed by atoms with van der Waals surface area (Å²) in [7, 11) is 1.41. The highest BCUT2D eigenvalue weighted by Gasteiger charge is 2.69. The predicted octanol–water partition coefficient (Wildman–Crippen LogP) is 1.34. The van der Waals surface area contributed by atoms with Crippen LogP contribution in [0, 0.1) is 10.1 Å². The molecule has 14 heteroatoms. The Bertz CT molecular complexity index is 1420. The van der Waals surface area contributed by atoms with Crippen LogP contribution in [0.1, 0.15) is 38.0 Å². The Morgan fingerprint density at radius 3 is 2.44 bits per heavy atom. The molecule has 2 unspecified atom stereocenters. The molecule has 2 saturated heterocycles. The van der Waals surface area contributed by atoms with E-state index in [1.54, 1.807) is 30.3 Å². The molecule has 0 radical (unpaired) electrons. The van der Waals surface area contributed by atoms with Gasteiger partial charge in [-0.3, -0.25) is 24.1 Å². The number of β-lactam (4-membered cyclic amide) rings is 1. The first-order valence-electron chi connectivity index (χ1n) is 11.7. The molecule has 0 saturated carbocycles. The number of benzene rings is 2. The number of Topliss-reactive ketones (excluding diaryl/α,β-unsaturated/α-hetero) is 1. The fraction of sp³-hybridized carbons (Fsp3) is 0.320. The van der Waals surface area contributed by atoms with Crippen molar-refractivity contribution < 1.29 is 43.4 Å². The lowest BCUT2D eigenvalue weighted by molar-refractivity contribution is -0.758. The molecule has 4 atom stereocenters. The molecule has 2 aromatic rings. The number of esters is 1. The Hall–Kier alpha value is -4.46. The molecule has 0 N–H and O–H groups in total. The molecule has 2 aromatic carbocycles. The quantitative estimate of drug-likeness (QED) is 0.110. The third-order valence-corrected chi connectivity index (χ3v) is 8.43. The summed E-state index contributed by atoms with van der Waals surface area (Å²) in [5.41, 5.74) is 0.485. The van der Waals surface area contributed by atoms with Gasteiger partial charge >= 0.3 is 5.97 Å². The number of nitrogens with zero attached hydrogens (tertiary/aromatic N) is 3. The average molecular weight is 556 g/mol. The lowest BCUT2D eigenvalue weighted by Crippen LogP contribution is -2.71. The fourth-order valence-corrected chi connectivity index (χ4v) is 6.65. The summed E-state index contributed by atoms with van der Waals surface area (Å²) in [5.74, 6) is -3.19. The number of rotatable bonds is 9. The van der Waals surface area contributed by atoms with Crippen molar-refractivity contribution in [1.29, 1.82) is 0 Å². The van der Waals surface area contributed by atoms with Crippen LogP contribution in [0.15, 0.2) is 48.5 Å². The lowest BCUT2D eigenvalue weighted by atomic mass is 9.94. The van der Waals surface area contributed by atoms with E-state index in [0.717, 1.165) is 21.6 Å². The number of amides is 3. The number of carbonyl (C=O) groups excluding carboxylic acids is 5. The van der Waals surface area contributed by atoms with Crippen LogP contribution in [0.3, 0.4) is 0 Å². The minimum absolute atomic E-state index is 0.0726. The fourth-order valence-electron chi connectivity index (χ4n) is 4.94. The summed E-state index contributed by atoms with van der Waals surface area (Å²) >= 11 is 0.980. The first-order valence-corrected chi connectivity index (χ1v) is 12.5. The molecule has 3 amide bonds. The Morgan fingerprint density at radius 2 is 1.77 bits per heavy atom. The Morgan fingerprint density at radius 1 is 1.08 bits per heavy atom. The van der Waals surface area contributed by atoms with Crippen LogP contribution in [-0.4, -0.2) is 86.9 Å². The Balaban J connectivity index is 1.39. The molecule has 3 heterocycles. The maximum absolute atomic E-state index is 13.4. The Labute approximate surface area is 225 Å². The predicted molar refractivity (Wildman–Crippen MR) is 132 cm³/mol. The lowest BCUT2D eigenvalue weighted by Gasteiger charge is -2.46. The average Bonchev–Trinajstić information content (AvgIpc) is 3.34. The highest BCUT2D eigenvalue weighted by molar-refractivity contribution is 8.01. The van der Waals surface area contributed by atoms with Crippen molar-refractivity contribution >= 4 is 41.2 Å². The first-order chi connectivity index (χ1) is 18.6. The summed E-state index contributed by atoms with van der Waals surface area (Å²) in [6, 6.07) is 9.82. The van der Waals surface area contributed by atoms with Gasteiger partial charge in [-0.2, -0.15) is 0 Å². The molecule has 5 rings (SSSR count). The maximum Gasteiger partial charge on any atom is 0.330 e. The molecule has 2 fully saturated rings. The summed E-state index contributed by atoms with van der Waals surface area (Å²) in [6.07, 6.45) is 0. The second-order valence-corrected chi connectivity index (χ2v) is 10.9. The van der Waals surface area contributed by atoms with Crippen molar-refractivity contribution in [3.63, 3.8) is 0 Å². The van der Waals surface area contributed by atoms with Gasteiger partial charge in [-0.25, -0.2) is 4.79 Å². The minimum atomic E-state index is -1.39. The number of carbonyl (C=O) groups is 5. The smallest absolute Gasteiger partial charge is 0.330 e. The van der Waals surface area contributed by atoms with Crippen molar-refractivity contribution in [2.24, 2.45) is 0 Å². The normalized spacial score (nSPS) is 25.1. The van der Waals surface area contributed by atoms with Crippen molar-refractivity contribution in [3.8, 4) is 5.75 Å². The van der Waals surface area contributed by atoms with E-state index in [1.807, 2.05) is 0 Å². The van der Waals surface area contributed by atoms with Crippen LogP contribution in [0.5, 0.6) is 5.75 Å². The highest BCUT2D eigenvalue weighted by atomic mass is 32.2. The number of methoxy groups -OCH3 is 1. The number of hydrogen-bond donors (Lipinski definition) is 0. The summed E-state index contributed by atoms with van der Waals surface area (Å²) in [5, 5.41) is 9.03. The third-order valence-electron chi connectivity index (χ3n) is 6.82. The van der Waals surface area contributed by atoms with Crippen molar-refractivity contribution in [3.05, 3.63) is 75.3 Å². The molecule has 202 valence electrons. The number of ketones is 1. The van der Waals surface area contributed by atoms with E-state index >= 15 is 0 Å². The first kappa shape index (κ1) is 26.2. The van der Waals surface area contributed by atoms with Gasteiger partial charge < -0.3 is 19.2 Å². The molecular weight excluding hydrogens is 534 g/mol. The van der Waals surface area contributed by atoms with E-state index in [0.29, 0.717) is 11.3 Å². The zero-order chi connectivity index (χ0) is 28.1. The number of thioether (sulfide) groups is 1. The summed E-state index contributed by atoms with van der Waals surface area (Å²) in [6.45, 7) is 0.262. The maximum atomic E-state index is 13.4. The van der Waals surface area contributed by atoms with Gasteiger partial charge in [-0.15, -0.1) is 21.9 Å². The molecule has 3 aliphatic heterocycles. The van der Waals surface area contributed by atoms with E-state index in [4.69, 9.17) is 9.47 Å². The highest BCUT2D eigenvalue weighted by Crippen LogP contribution is 2.53. The number of hydrogen-bond acceptors (Lipinski definition) is 11. The summed E-state index contributed by atoms with van der Waals surface area (Å²) in [4.78, 5) is 82.8. The molecule has 39 heavy (non-hydrogen) atoms. The molecule has 0 aliphatic carbocycles. The van der Waals surface area contributed by atoms with E-state index in [-0.39, 0.29) is 11.1 Å².